The number of alkyl halides is 2. The van der Waals surface area contributed by atoms with Crippen LogP contribution in [0.1, 0.15) is 0 Å². The molecule has 0 bridgehead atoms. The van der Waals surface area contributed by atoms with Crippen molar-refractivity contribution in [1.29, 1.82) is 0 Å². The van der Waals surface area contributed by atoms with E-state index in [9.17, 15) is 13.6 Å². The monoisotopic (exact) mass is 402 g/mol. The molecule has 2 heterocycles. The Morgan fingerprint density at radius 2 is 2.12 bits per heavy atom. The highest BCUT2D eigenvalue weighted by Gasteiger charge is 2.17. The number of hydrogen-bond donors (Lipinski definition) is 1. The van der Waals surface area contributed by atoms with Crippen molar-refractivity contribution in [3.63, 3.8) is 0 Å². The third-order valence-electron chi connectivity index (χ3n) is 3.38. The van der Waals surface area contributed by atoms with Gasteiger partial charge in [-0.25, -0.2) is 0 Å². The highest BCUT2D eigenvalue weighted by Crippen LogP contribution is 2.29. The summed E-state index contributed by atoms with van der Waals surface area (Å²) in [5.41, 5.74) is 0.199. The number of halogens is 2. The summed E-state index contributed by atoms with van der Waals surface area (Å²) in [7, 11) is 0. The lowest BCUT2D eigenvalue weighted by molar-refractivity contribution is -0.113. The number of carbonyl (C=O) groups excluding carboxylic acids is 1. The molecule has 1 N–H and O–H groups in total. The molecule has 0 unspecified atom stereocenters. The molecule has 0 spiro atoms. The summed E-state index contributed by atoms with van der Waals surface area (Å²) in [6, 6.07) is 6.05. The van der Waals surface area contributed by atoms with E-state index in [0.717, 1.165) is 18.2 Å². The van der Waals surface area contributed by atoms with Gasteiger partial charge in [0.15, 0.2) is 4.34 Å². The molecule has 1 aliphatic heterocycles. The second-order valence-electron chi connectivity index (χ2n) is 5.16. The molecule has 11 heteroatoms. The average molecular weight is 402 g/mol. The van der Waals surface area contributed by atoms with E-state index in [1.165, 1.54) is 35.2 Å². The standard InChI is InChI=1S/C15H16F2N4O3S2/c16-13(17)24-11-4-2-1-3-10(11)18-12(22)9-25-15-20-19-14(26-15)21-5-7-23-8-6-21/h1-4,13H,5-9H2,(H,18,22). The van der Waals surface area contributed by atoms with E-state index in [2.05, 4.69) is 25.2 Å². The van der Waals surface area contributed by atoms with Crippen LogP contribution in [0.15, 0.2) is 28.6 Å². The van der Waals surface area contributed by atoms with Crippen molar-refractivity contribution in [2.45, 2.75) is 11.0 Å². The van der Waals surface area contributed by atoms with Crippen LogP contribution in [0.25, 0.3) is 0 Å². The highest BCUT2D eigenvalue weighted by atomic mass is 32.2. The van der Waals surface area contributed by atoms with Crippen LogP contribution in [0.2, 0.25) is 0 Å². The lowest BCUT2D eigenvalue weighted by atomic mass is 10.3. The molecule has 3 rings (SSSR count). The SMILES string of the molecule is O=C(CSc1nnc(N2CCOCC2)s1)Nc1ccccc1OC(F)F. The van der Waals surface area contributed by atoms with Gasteiger partial charge in [0.05, 0.1) is 24.7 Å². The van der Waals surface area contributed by atoms with Gasteiger partial charge in [-0.2, -0.15) is 8.78 Å². The number of nitrogens with one attached hydrogen (secondary N) is 1. The van der Waals surface area contributed by atoms with Crippen molar-refractivity contribution < 1.29 is 23.0 Å². The molecule has 1 aliphatic rings. The summed E-state index contributed by atoms with van der Waals surface area (Å²) in [5, 5.41) is 11.6. The van der Waals surface area contributed by atoms with Gasteiger partial charge >= 0.3 is 6.61 Å². The quantitative estimate of drug-likeness (QED) is 0.714. The van der Waals surface area contributed by atoms with Gasteiger partial charge in [0, 0.05) is 13.1 Å². The number of benzene rings is 1. The van der Waals surface area contributed by atoms with Gasteiger partial charge < -0.3 is 19.7 Å². The molecule has 0 aliphatic carbocycles. The van der Waals surface area contributed by atoms with Crippen LogP contribution in [0.4, 0.5) is 19.6 Å². The van der Waals surface area contributed by atoms with E-state index >= 15 is 0 Å². The Labute approximate surface area is 156 Å². The van der Waals surface area contributed by atoms with Gasteiger partial charge in [-0.3, -0.25) is 4.79 Å². The van der Waals surface area contributed by atoms with Gasteiger partial charge in [0.2, 0.25) is 11.0 Å². The number of amides is 1. The predicted octanol–water partition coefficient (Wildman–Crippen LogP) is 2.71. The maximum Gasteiger partial charge on any atom is 0.387 e. The third-order valence-corrected chi connectivity index (χ3v) is 5.50. The number of hydrogen-bond acceptors (Lipinski definition) is 8. The first-order valence-corrected chi connectivity index (χ1v) is 9.55. The minimum atomic E-state index is -2.96. The molecule has 140 valence electrons. The van der Waals surface area contributed by atoms with Crippen LogP contribution in [0.5, 0.6) is 5.75 Å². The summed E-state index contributed by atoms with van der Waals surface area (Å²) in [6.07, 6.45) is 0. The summed E-state index contributed by atoms with van der Waals surface area (Å²) in [6.45, 7) is -0.112. The molecule has 7 nitrogen and oxygen atoms in total. The number of para-hydroxylation sites is 2. The topological polar surface area (TPSA) is 76.6 Å². The smallest absolute Gasteiger partial charge is 0.387 e. The number of carbonyl (C=O) groups is 1. The normalized spacial score (nSPS) is 14.5. The molecule has 1 fully saturated rings. The maximum absolute atomic E-state index is 12.4. The Hall–Kier alpha value is -1.98. The fourth-order valence-electron chi connectivity index (χ4n) is 2.23. The zero-order chi connectivity index (χ0) is 18.4. The Morgan fingerprint density at radius 1 is 1.35 bits per heavy atom. The molecule has 1 aromatic carbocycles. The van der Waals surface area contributed by atoms with E-state index in [0.29, 0.717) is 17.6 Å². The van der Waals surface area contributed by atoms with Crippen molar-refractivity contribution in [2.75, 3.05) is 42.3 Å². The predicted molar refractivity (Wildman–Crippen MR) is 95.4 cm³/mol. The average Bonchev–Trinajstić information content (AvgIpc) is 3.11. The van der Waals surface area contributed by atoms with Crippen molar-refractivity contribution in [3.05, 3.63) is 24.3 Å². The fourth-order valence-corrected chi connectivity index (χ4v) is 3.92. The zero-order valence-electron chi connectivity index (χ0n) is 13.6. The first kappa shape index (κ1) is 18.8. The molecule has 26 heavy (non-hydrogen) atoms. The molecule has 2 aromatic rings. The van der Waals surface area contributed by atoms with E-state index in [4.69, 9.17) is 4.74 Å². The lowest BCUT2D eigenvalue weighted by Crippen LogP contribution is -2.36. The van der Waals surface area contributed by atoms with Crippen molar-refractivity contribution in [1.82, 2.24) is 10.2 Å². The number of ether oxygens (including phenoxy) is 2. The highest BCUT2D eigenvalue weighted by molar-refractivity contribution is 8.01. The third kappa shape index (κ3) is 5.26. The number of aromatic nitrogens is 2. The van der Waals surface area contributed by atoms with Gasteiger partial charge in [0.25, 0.3) is 0 Å². The van der Waals surface area contributed by atoms with Gasteiger partial charge in [-0.05, 0) is 12.1 Å². The van der Waals surface area contributed by atoms with Gasteiger partial charge in [0.1, 0.15) is 5.75 Å². The summed E-state index contributed by atoms with van der Waals surface area (Å²) >= 11 is 2.64. The molecule has 1 saturated heterocycles. The molecule has 0 atom stereocenters. The van der Waals surface area contributed by atoms with Crippen molar-refractivity contribution >= 4 is 39.8 Å². The fraction of sp³-hybridized carbons (Fsp3) is 0.400. The first-order chi connectivity index (χ1) is 12.6. The van der Waals surface area contributed by atoms with Crippen LogP contribution < -0.4 is 15.0 Å². The van der Waals surface area contributed by atoms with Crippen LogP contribution in [-0.2, 0) is 9.53 Å². The van der Waals surface area contributed by atoms with Crippen LogP contribution >= 0.6 is 23.1 Å². The Bertz CT molecular complexity index is 741. The second-order valence-corrected chi connectivity index (χ2v) is 7.34. The van der Waals surface area contributed by atoms with Crippen LogP contribution in [-0.4, -0.2) is 54.8 Å². The number of thioether (sulfide) groups is 1. The van der Waals surface area contributed by atoms with Crippen LogP contribution in [0, 0.1) is 0 Å². The molecular formula is C15H16F2N4O3S2. The molecule has 1 aromatic heterocycles. The number of morpholine rings is 1. The lowest BCUT2D eigenvalue weighted by Gasteiger charge is -2.25. The molecular weight excluding hydrogens is 386 g/mol. The number of anilines is 2. The van der Waals surface area contributed by atoms with Gasteiger partial charge in [-0.15, -0.1) is 10.2 Å². The Kier molecular flexibility index (Phi) is 6.58. The minimum Gasteiger partial charge on any atom is -0.433 e. The molecule has 0 radical (unpaired) electrons. The largest absolute Gasteiger partial charge is 0.433 e. The Morgan fingerprint density at radius 3 is 2.88 bits per heavy atom. The van der Waals surface area contributed by atoms with Gasteiger partial charge in [-0.1, -0.05) is 35.2 Å². The summed E-state index contributed by atoms with van der Waals surface area (Å²) in [5.74, 6) is -0.337. The number of nitrogens with zero attached hydrogens (tertiary/aromatic N) is 3. The van der Waals surface area contributed by atoms with E-state index in [-0.39, 0.29) is 23.1 Å². The van der Waals surface area contributed by atoms with Crippen molar-refractivity contribution in [3.8, 4) is 5.75 Å². The summed E-state index contributed by atoms with van der Waals surface area (Å²) in [4.78, 5) is 14.2. The zero-order valence-corrected chi connectivity index (χ0v) is 15.2. The van der Waals surface area contributed by atoms with E-state index in [1.54, 1.807) is 12.1 Å². The molecule has 1 amide bonds. The minimum absolute atomic E-state index is 0.0774. The second kappa shape index (κ2) is 9.10. The summed E-state index contributed by atoms with van der Waals surface area (Å²) < 4.78 is 35.1. The van der Waals surface area contributed by atoms with Crippen LogP contribution in [0.3, 0.4) is 0 Å². The van der Waals surface area contributed by atoms with Crippen molar-refractivity contribution in [2.24, 2.45) is 0 Å². The van der Waals surface area contributed by atoms with E-state index in [1.807, 2.05) is 0 Å². The van der Waals surface area contributed by atoms with E-state index < -0.39 is 6.61 Å². The first-order valence-electron chi connectivity index (χ1n) is 7.74. The number of rotatable bonds is 7. The maximum atomic E-state index is 12.4. The molecule has 0 saturated carbocycles. The Balaban J connectivity index is 1.52.